The number of rotatable bonds is 3. The normalized spacial score (nSPS) is 17.9. The van der Waals surface area contributed by atoms with E-state index in [1.54, 1.807) is 0 Å². The minimum Gasteiger partial charge on any atom is -0.308 e. The maximum Gasteiger partial charge on any atom is 0.107 e. The van der Waals surface area contributed by atoms with Crippen LogP contribution in [0.15, 0.2) is 0 Å². The fourth-order valence-electron chi connectivity index (χ4n) is 1.98. The second kappa shape index (κ2) is 4.41. The van der Waals surface area contributed by atoms with Crippen LogP contribution in [0.4, 0.5) is 0 Å². The standard InChI is InChI=1S/C11H18N2S/c1-8-9(2)14-11(13-8)7-12-10-5-3-4-6-10/h10,12H,3-7H2,1-2H3. The van der Waals surface area contributed by atoms with Gasteiger partial charge in [0.15, 0.2) is 0 Å². The van der Waals surface area contributed by atoms with E-state index in [9.17, 15) is 0 Å². The van der Waals surface area contributed by atoms with Crippen molar-refractivity contribution in [3.8, 4) is 0 Å². The number of hydrogen-bond donors (Lipinski definition) is 1. The summed E-state index contributed by atoms with van der Waals surface area (Å²) in [6, 6.07) is 0.750. The van der Waals surface area contributed by atoms with Crippen molar-refractivity contribution in [2.75, 3.05) is 0 Å². The van der Waals surface area contributed by atoms with Crippen LogP contribution in [0.1, 0.15) is 41.3 Å². The van der Waals surface area contributed by atoms with Crippen molar-refractivity contribution in [3.05, 3.63) is 15.6 Å². The summed E-state index contributed by atoms with van der Waals surface area (Å²) in [4.78, 5) is 5.88. The van der Waals surface area contributed by atoms with Crippen molar-refractivity contribution < 1.29 is 0 Å². The van der Waals surface area contributed by atoms with Crippen LogP contribution in [0.25, 0.3) is 0 Å². The zero-order chi connectivity index (χ0) is 9.97. The molecule has 1 aromatic heterocycles. The predicted molar refractivity (Wildman–Crippen MR) is 60.7 cm³/mol. The Balaban J connectivity index is 1.85. The molecule has 0 aromatic carbocycles. The molecule has 1 aliphatic rings. The molecule has 1 saturated carbocycles. The fraction of sp³-hybridized carbons (Fsp3) is 0.727. The van der Waals surface area contributed by atoms with Gasteiger partial charge in [-0.25, -0.2) is 4.98 Å². The summed E-state index contributed by atoms with van der Waals surface area (Å²) >= 11 is 1.82. The third kappa shape index (κ3) is 2.34. The van der Waals surface area contributed by atoms with Crippen LogP contribution in [0.2, 0.25) is 0 Å². The molecule has 0 aliphatic heterocycles. The summed E-state index contributed by atoms with van der Waals surface area (Å²) in [5.74, 6) is 0. The molecule has 1 aromatic rings. The van der Waals surface area contributed by atoms with Crippen LogP contribution in [-0.4, -0.2) is 11.0 Å². The van der Waals surface area contributed by atoms with E-state index in [0.29, 0.717) is 0 Å². The molecular weight excluding hydrogens is 192 g/mol. The summed E-state index contributed by atoms with van der Waals surface area (Å²) in [6.45, 7) is 5.20. The Hall–Kier alpha value is -0.410. The highest BCUT2D eigenvalue weighted by Crippen LogP contribution is 2.20. The lowest BCUT2D eigenvalue weighted by atomic mass is 10.2. The Kier molecular flexibility index (Phi) is 3.19. The summed E-state index contributed by atoms with van der Waals surface area (Å²) in [5, 5.41) is 4.83. The summed E-state index contributed by atoms with van der Waals surface area (Å²) in [7, 11) is 0. The van der Waals surface area contributed by atoms with Gasteiger partial charge in [0.1, 0.15) is 5.01 Å². The third-order valence-corrected chi connectivity index (χ3v) is 4.04. The molecule has 0 spiro atoms. The van der Waals surface area contributed by atoms with Crippen LogP contribution < -0.4 is 5.32 Å². The number of hydrogen-bond acceptors (Lipinski definition) is 3. The average molecular weight is 210 g/mol. The quantitative estimate of drug-likeness (QED) is 0.830. The van der Waals surface area contributed by atoms with Gasteiger partial charge in [-0.05, 0) is 26.7 Å². The van der Waals surface area contributed by atoms with Crippen molar-refractivity contribution in [1.29, 1.82) is 0 Å². The average Bonchev–Trinajstić information content (AvgIpc) is 2.74. The Labute approximate surface area is 89.8 Å². The van der Waals surface area contributed by atoms with E-state index in [0.717, 1.165) is 12.6 Å². The minimum atomic E-state index is 0.750. The van der Waals surface area contributed by atoms with Crippen LogP contribution in [0.5, 0.6) is 0 Å². The Morgan fingerprint density at radius 2 is 2.07 bits per heavy atom. The maximum atomic E-state index is 4.53. The van der Waals surface area contributed by atoms with Gasteiger partial charge in [0.05, 0.1) is 5.69 Å². The highest BCUT2D eigenvalue weighted by atomic mass is 32.1. The SMILES string of the molecule is Cc1nc(CNC2CCCC2)sc1C. The van der Waals surface area contributed by atoms with E-state index in [-0.39, 0.29) is 0 Å². The molecule has 0 atom stereocenters. The molecule has 3 heteroatoms. The monoisotopic (exact) mass is 210 g/mol. The first-order valence-electron chi connectivity index (χ1n) is 5.42. The molecule has 0 radical (unpaired) electrons. The maximum absolute atomic E-state index is 4.53. The van der Waals surface area contributed by atoms with Crippen molar-refractivity contribution in [1.82, 2.24) is 10.3 Å². The van der Waals surface area contributed by atoms with Crippen molar-refractivity contribution in [2.24, 2.45) is 0 Å². The first-order valence-corrected chi connectivity index (χ1v) is 6.23. The molecule has 0 saturated heterocycles. The minimum absolute atomic E-state index is 0.750. The number of aryl methyl sites for hydroxylation is 2. The Morgan fingerprint density at radius 3 is 2.64 bits per heavy atom. The number of nitrogens with zero attached hydrogens (tertiary/aromatic N) is 1. The lowest BCUT2D eigenvalue weighted by Gasteiger charge is -2.09. The molecular formula is C11H18N2S. The van der Waals surface area contributed by atoms with Crippen LogP contribution in [0, 0.1) is 13.8 Å². The van der Waals surface area contributed by atoms with Crippen LogP contribution >= 0.6 is 11.3 Å². The molecule has 2 rings (SSSR count). The topological polar surface area (TPSA) is 24.9 Å². The van der Waals surface area contributed by atoms with Crippen molar-refractivity contribution in [2.45, 2.75) is 52.1 Å². The van der Waals surface area contributed by atoms with Crippen LogP contribution in [-0.2, 0) is 6.54 Å². The number of thiazole rings is 1. The largest absolute Gasteiger partial charge is 0.308 e. The first-order chi connectivity index (χ1) is 6.75. The number of aromatic nitrogens is 1. The van der Waals surface area contributed by atoms with E-state index in [1.165, 1.54) is 41.3 Å². The lowest BCUT2D eigenvalue weighted by molar-refractivity contribution is 0.523. The molecule has 0 unspecified atom stereocenters. The predicted octanol–water partition coefficient (Wildman–Crippen LogP) is 2.79. The zero-order valence-electron chi connectivity index (χ0n) is 8.97. The van der Waals surface area contributed by atoms with E-state index in [2.05, 4.69) is 24.1 Å². The fourth-order valence-corrected chi connectivity index (χ4v) is 2.86. The van der Waals surface area contributed by atoms with Crippen LogP contribution in [0.3, 0.4) is 0 Å². The summed E-state index contributed by atoms with van der Waals surface area (Å²) in [6.07, 6.45) is 5.49. The van der Waals surface area contributed by atoms with Gasteiger partial charge >= 0.3 is 0 Å². The second-order valence-electron chi connectivity index (χ2n) is 4.11. The molecule has 0 amide bonds. The first kappa shape index (κ1) is 10.1. The zero-order valence-corrected chi connectivity index (χ0v) is 9.78. The van der Waals surface area contributed by atoms with Gasteiger partial charge < -0.3 is 5.32 Å². The van der Waals surface area contributed by atoms with Gasteiger partial charge in [0.2, 0.25) is 0 Å². The molecule has 78 valence electrons. The summed E-state index contributed by atoms with van der Waals surface area (Å²) < 4.78 is 0. The molecule has 1 N–H and O–H groups in total. The molecule has 1 aliphatic carbocycles. The Bertz CT molecular complexity index is 281. The van der Waals surface area contributed by atoms with E-state index < -0.39 is 0 Å². The molecule has 14 heavy (non-hydrogen) atoms. The van der Waals surface area contributed by atoms with E-state index in [1.807, 2.05) is 11.3 Å². The van der Waals surface area contributed by atoms with Crippen molar-refractivity contribution >= 4 is 11.3 Å². The highest BCUT2D eigenvalue weighted by Gasteiger charge is 2.14. The Morgan fingerprint density at radius 1 is 1.36 bits per heavy atom. The third-order valence-electron chi connectivity index (χ3n) is 2.97. The summed E-state index contributed by atoms with van der Waals surface area (Å²) in [5.41, 5.74) is 1.19. The second-order valence-corrected chi connectivity index (χ2v) is 5.40. The lowest BCUT2D eigenvalue weighted by Crippen LogP contribution is -2.25. The van der Waals surface area contributed by atoms with Gasteiger partial charge in [-0.3, -0.25) is 0 Å². The molecule has 2 nitrogen and oxygen atoms in total. The van der Waals surface area contributed by atoms with E-state index in [4.69, 9.17) is 0 Å². The highest BCUT2D eigenvalue weighted by molar-refractivity contribution is 7.11. The van der Waals surface area contributed by atoms with Gasteiger partial charge in [-0.2, -0.15) is 0 Å². The van der Waals surface area contributed by atoms with Crippen molar-refractivity contribution in [3.63, 3.8) is 0 Å². The number of nitrogens with one attached hydrogen (secondary N) is 1. The van der Waals surface area contributed by atoms with Gasteiger partial charge in [0, 0.05) is 17.5 Å². The van der Waals surface area contributed by atoms with Gasteiger partial charge in [0.25, 0.3) is 0 Å². The van der Waals surface area contributed by atoms with E-state index >= 15 is 0 Å². The smallest absolute Gasteiger partial charge is 0.107 e. The van der Waals surface area contributed by atoms with Gasteiger partial charge in [-0.1, -0.05) is 12.8 Å². The molecule has 0 bridgehead atoms. The molecule has 1 fully saturated rings. The molecule has 1 heterocycles. The van der Waals surface area contributed by atoms with Gasteiger partial charge in [-0.15, -0.1) is 11.3 Å².